The molecule has 0 aromatic carbocycles. The molecule has 2 aromatic heterocycles. The number of rotatable bonds is 4. The van der Waals surface area contributed by atoms with Gasteiger partial charge in [-0.25, -0.2) is 0 Å². The number of ether oxygens (including phenoxy) is 1. The molecule has 2 N–H and O–H groups in total. The van der Waals surface area contributed by atoms with Gasteiger partial charge in [-0.15, -0.1) is 0 Å². The van der Waals surface area contributed by atoms with Crippen molar-refractivity contribution in [1.82, 2.24) is 15.5 Å². The molecule has 24 heavy (non-hydrogen) atoms. The maximum absolute atomic E-state index is 12.5. The lowest BCUT2D eigenvalue weighted by molar-refractivity contribution is 0.0922. The molecule has 1 aliphatic rings. The summed E-state index contributed by atoms with van der Waals surface area (Å²) in [7, 11) is 0. The van der Waals surface area contributed by atoms with Crippen LogP contribution in [-0.2, 0) is 11.2 Å². The van der Waals surface area contributed by atoms with Crippen molar-refractivity contribution < 1.29 is 14.1 Å². The van der Waals surface area contributed by atoms with Gasteiger partial charge >= 0.3 is 0 Å². The molecular formula is C17H21N3O4. The van der Waals surface area contributed by atoms with E-state index in [1.165, 1.54) is 6.07 Å². The molecule has 0 radical (unpaired) electrons. The fraction of sp³-hybridized carbons (Fsp3) is 0.471. The Bertz CT molecular complexity index is 808. The number of aromatic nitrogens is 2. The predicted molar refractivity (Wildman–Crippen MR) is 87.0 cm³/mol. The fourth-order valence-corrected chi connectivity index (χ4v) is 3.10. The predicted octanol–water partition coefficient (Wildman–Crippen LogP) is 1.28. The van der Waals surface area contributed by atoms with E-state index in [2.05, 4.69) is 15.5 Å². The number of hydrogen-bond donors (Lipinski definition) is 2. The first-order valence-electron chi connectivity index (χ1n) is 7.95. The lowest BCUT2D eigenvalue weighted by Gasteiger charge is -2.18. The van der Waals surface area contributed by atoms with Gasteiger partial charge in [-0.2, -0.15) is 0 Å². The highest BCUT2D eigenvalue weighted by molar-refractivity contribution is 5.95. The number of carbonyl (C=O) groups is 1. The van der Waals surface area contributed by atoms with E-state index in [0.717, 1.165) is 17.1 Å². The molecule has 0 unspecified atom stereocenters. The second kappa shape index (κ2) is 6.60. The van der Waals surface area contributed by atoms with Crippen LogP contribution in [0.15, 0.2) is 21.5 Å². The van der Waals surface area contributed by atoms with Gasteiger partial charge in [0, 0.05) is 35.9 Å². The van der Waals surface area contributed by atoms with Gasteiger partial charge in [-0.3, -0.25) is 9.59 Å². The molecule has 128 valence electrons. The zero-order valence-corrected chi connectivity index (χ0v) is 14.0. The third-order valence-electron chi connectivity index (χ3n) is 4.24. The van der Waals surface area contributed by atoms with Crippen LogP contribution >= 0.6 is 0 Å². The topological polar surface area (TPSA) is 97.2 Å². The van der Waals surface area contributed by atoms with Crippen molar-refractivity contribution in [3.8, 4) is 0 Å². The molecule has 3 rings (SSSR count). The van der Waals surface area contributed by atoms with Crippen molar-refractivity contribution in [3.05, 3.63) is 50.8 Å². The lowest BCUT2D eigenvalue weighted by Crippen LogP contribution is -2.42. The minimum atomic E-state index is -0.372. The Kier molecular flexibility index (Phi) is 4.53. The lowest BCUT2D eigenvalue weighted by atomic mass is 9.97. The molecular weight excluding hydrogens is 310 g/mol. The van der Waals surface area contributed by atoms with Crippen molar-refractivity contribution >= 4 is 5.91 Å². The van der Waals surface area contributed by atoms with Crippen LogP contribution in [-0.4, -0.2) is 35.3 Å². The largest absolute Gasteiger partial charge is 0.379 e. The third kappa shape index (κ3) is 3.41. The van der Waals surface area contributed by atoms with Crippen molar-refractivity contribution in [3.63, 3.8) is 0 Å². The molecule has 0 saturated carbocycles. The van der Waals surface area contributed by atoms with Gasteiger partial charge in [0.25, 0.3) is 5.91 Å². The number of aryl methyl sites for hydroxylation is 3. The maximum atomic E-state index is 12.5. The number of H-pyrrole nitrogens is 1. The first kappa shape index (κ1) is 16.4. The minimum absolute atomic E-state index is 0.0890. The molecule has 1 aliphatic heterocycles. The number of carbonyl (C=O) groups excluding carboxylic acids is 1. The van der Waals surface area contributed by atoms with Crippen LogP contribution in [0.25, 0.3) is 0 Å². The average Bonchev–Trinajstić information content (AvgIpc) is 3.08. The maximum Gasteiger partial charge on any atom is 0.257 e. The van der Waals surface area contributed by atoms with E-state index in [0.29, 0.717) is 25.3 Å². The summed E-state index contributed by atoms with van der Waals surface area (Å²) in [5.41, 5.74) is 2.01. The zero-order valence-electron chi connectivity index (χ0n) is 14.0. The Morgan fingerprint density at radius 1 is 1.33 bits per heavy atom. The first-order valence-corrected chi connectivity index (χ1v) is 7.95. The van der Waals surface area contributed by atoms with E-state index in [1.807, 2.05) is 13.0 Å². The molecule has 0 bridgehead atoms. The quantitative estimate of drug-likeness (QED) is 0.879. The Hall–Kier alpha value is -2.41. The summed E-state index contributed by atoms with van der Waals surface area (Å²) >= 11 is 0. The highest BCUT2D eigenvalue weighted by atomic mass is 16.5. The summed E-state index contributed by atoms with van der Waals surface area (Å²) in [6, 6.07) is 3.15. The van der Waals surface area contributed by atoms with Crippen molar-refractivity contribution in [2.75, 3.05) is 13.2 Å². The van der Waals surface area contributed by atoms with Gasteiger partial charge < -0.3 is 19.6 Å². The Labute approximate surface area is 139 Å². The average molecular weight is 331 g/mol. The molecule has 1 fully saturated rings. The molecule has 0 aliphatic carbocycles. The van der Waals surface area contributed by atoms with Crippen molar-refractivity contribution in [2.45, 2.75) is 33.2 Å². The van der Waals surface area contributed by atoms with Crippen molar-refractivity contribution in [1.29, 1.82) is 0 Å². The molecule has 2 atom stereocenters. The van der Waals surface area contributed by atoms with Crippen LogP contribution < -0.4 is 10.7 Å². The van der Waals surface area contributed by atoms with E-state index >= 15 is 0 Å². The number of aromatic amines is 1. The van der Waals surface area contributed by atoms with E-state index in [-0.39, 0.29) is 28.9 Å². The van der Waals surface area contributed by atoms with Crippen LogP contribution in [0.4, 0.5) is 0 Å². The van der Waals surface area contributed by atoms with Gasteiger partial charge in [-0.05, 0) is 20.8 Å². The summed E-state index contributed by atoms with van der Waals surface area (Å²) < 4.78 is 10.7. The van der Waals surface area contributed by atoms with Crippen LogP contribution in [0.2, 0.25) is 0 Å². The monoisotopic (exact) mass is 331 g/mol. The van der Waals surface area contributed by atoms with Crippen LogP contribution in [0.1, 0.15) is 33.2 Å². The molecule has 7 nitrogen and oxygen atoms in total. The highest BCUT2D eigenvalue weighted by Gasteiger charge is 2.31. The Morgan fingerprint density at radius 3 is 2.79 bits per heavy atom. The van der Waals surface area contributed by atoms with Crippen LogP contribution in [0, 0.1) is 26.7 Å². The number of pyridine rings is 1. The third-order valence-corrected chi connectivity index (χ3v) is 4.24. The van der Waals surface area contributed by atoms with Gasteiger partial charge in [0.05, 0.1) is 24.9 Å². The number of amides is 1. The summed E-state index contributed by atoms with van der Waals surface area (Å²) in [4.78, 5) is 27.7. The highest BCUT2D eigenvalue weighted by Crippen LogP contribution is 2.20. The number of nitrogens with zero attached hydrogens (tertiary/aromatic N) is 1. The van der Waals surface area contributed by atoms with Gasteiger partial charge in [0.2, 0.25) is 0 Å². The molecule has 1 amide bonds. The fourth-order valence-electron chi connectivity index (χ4n) is 3.10. The van der Waals surface area contributed by atoms with E-state index < -0.39 is 0 Å². The van der Waals surface area contributed by atoms with Crippen LogP contribution in [0.3, 0.4) is 0 Å². The van der Waals surface area contributed by atoms with E-state index in [1.54, 1.807) is 13.8 Å². The summed E-state index contributed by atoms with van der Waals surface area (Å²) in [6.45, 7) is 6.34. The van der Waals surface area contributed by atoms with E-state index in [4.69, 9.17) is 9.26 Å². The summed E-state index contributed by atoms with van der Waals surface area (Å²) in [5, 5.41) is 6.80. The van der Waals surface area contributed by atoms with Gasteiger partial charge in [0.15, 0.2) is 5.43 Å². The Balaban J connectivity index is 1.72. The SMILES string of the molecule is Cc1cc(C[C@@H]2COC[C@@H]2NC(=O)c2c(C)[nH]c(C)cc2=O)on1. The number of nitrogens with one attached hydrogen (secondary N) is 2. The van der Waals surface area contributed by atoms with Crippen molar-refractivity contribution in [2.24, 2.45) is 5.92 Å². The normalized spacial score (nSPS) is 20.3. The molecule has 0 spiro atoms. The number of hydrogen-bond acceptors (Lipinski definition) is 5. The minimum Gasteiger partial charge on any atom is -0.379 e. The van der Waals surface area contributed by atoms with Crippen LogP contribution in [0.5, 0.6) is 0 Å². The van der Waals surface area contributed by atoms with E-state index in [9.17, 15) is 9.59 Å². The Morgan fingerprint density at radius 2 is 2.12 bits per heavy atom. The summed E-state index contributed by atoms with van der Waals surface area (Å²) in [5.74, 6) is 0.487. The molecule has 7 heteroatoms. The van der Waals surface area contributed by atoms with Gasteiger partial charge in [0.1, 0.15) is 11.3 Å². The second-order valence-electron chi connectivity index (χ2n) is 6.33. The van der Waals surface area contributed by atoms with Gasteiger partial charge in [-0.1, -0.05) is 5.16 Å². The molecule has 3 heterocycles. The molecule has 2 aromatic rings. The zero-order chi connectivity index (χ0) is 17.3. The molecule has 1 saturated heterocycles. The first-order chi connectivity index (χ1) is 11.4. The standard InChI is InChI=1S/C17H21N3O4/c1-9-5-15(21)16(11(3)18-9)17(22)19-14-8-23-7-12(14)6-13-4-10(2)20-24-13/h4-5,12,14H,6-8H2,1-3H3,(H,18,21)(H,19,22)/t12-,14+/m1/s1. The smallest absolute Gasteiger partial charge is 0.257 e. The summed E-state index contributed by atoms with van der Waals surface area (Å²) in [6.07, 6.45) is 0.634. The second-order valence-corrected chi connectivity index (χ2v) is 6.33.